The number of rotatable bonds is 6. The third-order valence-electron chi connectivity index (χ3n) is 5.21. The summed E-state index contributed by atoms with van der Waals surface area (Å²) in [6, 6.07) is 6.11. The SMILES string of the molecule is Cc1ccc(CNC2CCCC2C2COCCN2)c(OCC(F)(F)F)c1.Cl. The summed E-state index contributed by atoms with van der Waals surface area (Å²) in [5.41, 5.74) is 1.64. The summed E-state index contributed by atoms with van der Waals surface area (Å²) >= 11 is 0. The van der Waals surface area contributed by atoms with Crippen molar-refractivity contribution in [3.05, 3.63) is 29.3 Å². The van der Waals surface area contributed by atoms with Gasteiger partial charge in [-0.3, -0.25) is 0 Å². The van der Waals surface area contributed by atoms with Crippen molar-refractivity contribution in [2.24, 2.45) is 5.92 Å². The zero-order valence-corrected chi connectivity index (χ0v) is 16.3. The van der Waals surface area contributed by atoms with Gasteiger partial charge in [-0.15, -0.1) is 12.4 Å². The number of benzene rings is 1. The van der Waals surface area contributed by atoms with Crippen molar-refractivity contribution in [2.45, 2.75) is 51.0 Å². The van der Waals surface area contributed by atoms with E-state index in [1.807, 2.05) is 19.1 Å². The summed E-state index contributed by atoms with van der Waals surface area (Å²) in [7, 11) is 0. The fraction of sp³-hybridized carbons (Fsp3) is 0.684. The lowest BCUT2D eigenvalue weighted by Gasteiger charge is -2.33. The van der Waals surface area contributed by atoms with Crippen LogP contribution in [0, 0.1) is 12.8 Å². The first-order valence-electron chi connectivity index (χ1n) is 9.26. The third-order valence-corrected chi connectivity index (χ3v) is 5.21. The number of aryl methyl sites for hydroxylation is 1. The van der Waals surface area contributed by atoms with Gasteiger partial charge >= 0.3 is 6.18 Å². The molecule has 3 atom stereocenters. The molecule has 0 bridgehead atoms. The Labute approximate surface area is 164 Å². The quantitative estimate of drug-likeness (QED) is 0.754. The molecule has 0 amide bonds. The normalized spacial score (nSPS) is 25.9. The van der Waals surface area contributed by atoms with Gasteiger partial charge in [0, 0.05) is 30.7 Å². The Balaban J connectivity index is 0.00000261. The molecule has 3 rings (SSSR count). The molecule has 0 radical (unpaired) electrons. The molecule has 1 heterocycles. The summed E-state index contributed by atoms with van der Waals surface area (Å²) in [5, 5.41) is 7.08. The van der Waals surface area contributed by atoms with E-state index in [2.05, 4.69) is 10.6 Å². The Kier molecular flexibility index (Phi) is 8.21. The molecular formula is C19H28ClF3N2O2. The Bertz CT molecular complexity index is 595. The van der Waals surface area contributed by atoms with Crippen LogP contribution in [0.25, 0.3) is 0 Å². The zero-order chi connectivity index (χ0) is 18.6. The highest BCUT2D eigenvalue weighted by Gasteiger charge is 2.34. The lowest BCUT2D eigenvalue weighted by atomic mass is 9.94. The third kappa shape index (κ3) is 6.52. The lowest BCUT2D eigenvalue weighted by molar-refractivity contribution is -0.153. The lowest BCUT2D eigenvalue weighted by Crippen LogP contribution is -2.50. The van der Waals surface area contributed by atoms with Crippen LogP contribution < -0.4 is 15.4 Å². The van der Waals surface area contributed by atoms with E-state index in [0.29, 0.717) is 30.3 Å². The largest absolute Gasteiger partial charge is 0.484 e. The minimum absolute atomic E-state index is 0. The van der Waals surface area contributed by atoms with Crippen LogP contribution in [0.2, 0.25) is 0 Å². The average molecular weight is 409 g/mol. The molecule has 0 aromatic heterocycles. The molecule has 2 aliphatic rings. The van der Waals surface area contributed by atoms with E-state index in [-0.39, 0.29) is 12.4 Å². The van der Waals surface area contributed by atoms with E-state index in [1.165, 1.54) is 0 Å². The number of nitrogens with one attached hydrogen (secondary N) is 2. The zero-order valence-electron chi connectivity index (χ0n) is 15.5. The van der Waals surface area contributed by atoms with Gasteiger partial charge in [0.2, 0.25) is 0 Å². The van der Waals surface area contributed by atoms with Crippen LogP contribution in [-0.2, 0) is 11.3 Å². The fourth-order valence-electron chi connectivity index (χ4n) is 3.93. The molecule has 2 fully saturated rings. The van der Waals surface area contributed by atoms with Gasteiger partial charge in [-0.2, -0.15) is 13.2 Å². The first-order chi connectivity index (χ1) is 12.4. The standard InChI is InChI=1S/C19H27F3N2O2.ClH/c1-13-5-6-14(18(9-13)26-12-19(20,21)22)10-24-16-4-2-3-15(16)17-11-25-8-7-23-17;/h5-6,9,15-17,23-24H,2-4,7-8,10-12H2,1H3;1H. The van der Waals surface area contributed by atoms with Crippen LogP contribution in [0.15, 0.2) is 18.2 Å². The molecule has 1 aromatic carbocycles. The van der Waals surface area contributed by atoms with Gasteiger partial charge in [0.15, 0.2) is 6.61 Å². The summed E-state index contributed by atoms with van der Waals surface area (Å²) < 4.78 is 48.1. The summed E-state index contributed by atoms with van der Waals surface area (Å²) in [4.78, 5) is 0. The highest BCUT2D eigenvalue weighted by Crippen LogP contribution is 2.30. The first kappa shape index (κ1) is 22.3. The number of hydrogen-bond acceptors (Lipinski definition) is 4. The molecule has 1 aromatic rings. The van der Waals surface area contributed by atoms with Crippen LogP contribution in [0.4, 0.5) is 13.2 Å². The van der Waals surface area contributed by atoms with Gasteiger partial charge < -0.3 is 20.1 Å². The summed E-state index contributed by atoms with van der Waals surface area (Å²) in [6.45, 7) is 3.44. The van der Waals surface area contributed by atoms with Gasteiger partial charge in [0.05, 0.1) is 13.2 Å². The second-order valence-corrected chi connectivity index (χ2v) is 7.23. The number of alkyl halides is 3. The molecule has 4 nitrogen and oxygen atoms in total. The Morgan fingerprint density at radius 1 is 1.30 bits per heavy atom. The molecule has 0 spiro atoms. The maximum absolute atomic E-state index is 12.5. The van der Waals surface area contributed by atoms with Crippen molar-refractivity contribution in [3.8, 4) is 5.75 Å². The molecule has 1 saturated heterocycles. The maximum atomic E-state index is 12.5. The maximum Gasteiger partial charge on any atom is 0.422 e. The van der Waals surface area contributed by atoms with Crippen molar-refractivity contribution in [3.63, 3.8) is 0 Å². The Morgan fingerprint density at radius 2 is 2.11 bits per heavy atom. The summed E-state index contributed by atoms with van der Waals surface area (Å²) in [5.74, 6) is 0.795. The van der Waals surface area contributed by atoms with Crippen LogP contribution in [0.1, 0.15) is 30.4 Å². The molecular weight excluding hydrogens is 381 g/mol. The van der Waals surface area contributed by atoms with Crippen molar-refractivity contribution in [1.29, 1.82) is 0 Å². The topological polar surface area (TPSA) is 42.5 Å². The van der Waals surface area contributed by atoms with Crippen LogP contribution in [0.3, 0.4) is 0 Å². The molecule has 1 aliphatic heterocycles. The number of halogens is 4. The monoisotopic (exact) mass is 408 g/mol. The number of ether oxygens (including phenoxy) is 2. The highest BCUT2D eigenvalue weighted by atomic mass is 35.5. The predicted octanol–water partition coefficient (Wildman–Crippen LogP) is 3.60. The minimum Gasteiger partial charge on any atom is -0.484 e. The van der Waals surface area contributed by atoms with Crippen LogP contribution >= 0.6 is 12.4 Å². The smallest absolute Gasteiger partial charge is 0.422 e. The van der Waals surface area contributed by atoms with Crippen LogP contribution in [-0.4, -0.2) is 44.6 Å². The molecule has 3 unspecified atom stereocenters. The van der Waals surface area contributed by atoms with Gasteiger partial charge in [-0.1, -0.05) is 18.6 Å². The molecule has 1 saturated carbocycles. The first-order valence-corrected chi connectivity index (χ1v) is 9.26. The predicted molar refractivity (Wildman–Crippen MR) is 101 cm³/mol. The minimum atomic E-state index is -4.34. The number of hydrogen-bond donors (Lipinski definition) is 2. The van der Waals surface area contributed by atoms with Crippen molar-refractivity contribution >= 4 is 12.4 Å². The van der Waals surface area contributed by atoms with Gasteiger partial charge in [-0.25, -0.2) is 0 Å². The van der Waals surface area contributed by atoms with Gasteiger partial charge in [0.1, 0.15) is 5.75 Å². The Hall–Kier alpha value is -1.02. The van der Waals surface area contributed by atoms with Crippen molar-refractivity contribution in [2.75, 3.05) is 26.4 Å². The van der Waals surface area contributed by atoms with E-state index in [0.717, 1.165) is 50.1 Å². The molecule has 154 valence electrons. The highest BCUT2D eigenvalue weighted by molar-refractivity contribution is 5.85. The van der Waals surface area contributed by atoms with Crippen molar-refractivity contribution < 1.29 is 22.6 Å². The van der Waals surface area contributed by atoms with E-state index >= 15 is 0 Å². The Morgan fingerprint density at radius 3 is 2.81 bits per heavy atom. The van der Waals surface area contributed by atoms with Gasteiger partial charge in [0.25, 0.3) is 0 Å². The number of morpholine rings is 1. The second-order valence-electron chi connectivity index (χ2n) is 7.23. The average Bonchev–Trinajstić information content (AvgIpc) is 3.08. The molecule has 2 N–H and O–H groups in total. The molecule has 8 heteroatoms. The van der Waals surface area contributed by atoms with E-state index in [9.17, 15) is 13.2 Å². The second kappa shape index (κ2) is 9.96. The van der Waals surface area contributed by atoms with E-state index < -0.39 is 12.8 Å². The molecule has 27 heavy (non-hydrogen) atoms. The fourth-order valence-corrected chi connectivity index (χ4v) is 3.93. The van der Waals surface area contributed by atoms with Gasteiger partial charge in [-0.05, 0) is 37.3 Å². The van der Waals surface area contributed by atoms with Crippen LogP contribution in [0.5, 0.6) is 5.75 Å². The van der Waals surface area contributed by atoms with E-state index in [1.54, 1.807) is 6.07 Å². The van der Waals surface area contributed by atoms with E-state index in [4.69, 9.17) is 9.47 Å². The molecule has 1 aliphatic carbocycles. The summed E-state index contributed by atoms with van der Waals surface area (Å²) in [6.07, 6.45) is -0.957. The van der Waals surface area contributed by atoms with Crippen molar-refractivity contribution in [1.82, 2.24) is 10.6 Å².